The Kier molecular flexibility index (Phi) is 15.5. The van der Waals surface area contributed by atoms with E-state index < -0.39 is 180 Å². The van der Waals surface area contributed by atoms with Crippen molar-refractivity contribution in [2.75, 3.05) is 26.4 Å². The summed E-state index contributed by atoms with van der Waals surface area (Å²) in [6, 6.07) is 0. The fraction of sp³-hybridized carbons (Fsp3) is 1.00. The average Bonchev–Trinajstić information content (AvgIpc) is 3.17. The Morgan fingerprint density at radius 2 is 0.727 bits per heavy atom. The zero-order chi connectivity index (χ0) is 40.6. The summed E-state index contributed by atoms with van der Waals surface area (Å²) in [5, 5.41) is 167. The van der Waals surface area contributed by atoms with Gasteiger partial charge >= 0.3 is 0 Å². The van der Waals surface area contributed by atoms with Crippen molar-refractivity contribution >= 4 is 0 Å². The number of hydrogen-bond acceptors (Lipinski definition) is 25. The zero-order valence-electron chi connectivity index (χ0n) is 29.1. The third-order valence-corrected chi connectivity index (χ3v) is 10.3. The van der Waals surface area contributed by atoms with E-state index in [2.05, 4.69) is 0 Å². The molecule has 5 aliphatic heterocycles. The topological polar surface area (TPSA) is 407 Å². The van der Waals surface area contributed by atoms with Crippen LogP contribution in [0.15, 0.2) is 0 Å². The van der Waals surface area contributed by atoms with E-state index in [1.54, 1.807) is 0 Å². The Bertz CT molecular complexity index is 1190. The minimum atomic E-state index is -2.18. The molecule has 5 saturated heterocycles. The number of rotatable bonds is 12. The third kappa shape index (κ3) is 9.11. The first-order valence-corrected chi connectivity index (χ1v) is 17.5. The highest BCUT2D eigenvalue weighted by Crippen LogP contribution is 2.36. The number of aliphatic hydroxyl groups is 16. The summed E-state index contributed by atoms with van der Waals surface area (Å²) in [6.07, 6.45) is -45.8. The molecule has 0 saturated carbocycles. The highest BCUT2D eigenvalue weighted by molar-refractivity contribution is 4.99. The van der Waals surface area contributed by atoms with Crippen LogP contribution in [0.25, 0.3) is 0 Å². The summed E-state index contributed by atoms with van der Waals surface area (Å²) in [7, 11) is 0. The first-order chi connectivity index (χ1) is 26.0. The fourth-order valence-electron chi connectivity index (χ4n) is 6.96. The molecule has 5 heterocycles. The molecule has 0 aromatic carbocycles. The lowest BCUT2D eigenvalue weighted by atomic mass is 9.95. The summed E-state index contributed by atoms with van der Waals surface area (Å²) in [5.74, 6) is 0. The van der Waals surface area contributed by atoms with Crippen molar-refractivity contribution in [3.05, 3.63) is 0 Å². The second kappa shape index (κ2) is 18.9. The van der Waals surface area contributed by atoms with Gasteiger partial charge in [-0.15, -0.1) is 0 Å². The second-order valence-corrected chi connectivity index (χ2v) is 13.9. The van der Waals surface area contributed by atoms with E-state index in [1.807, 2.05) is 0 Å². The molecule has 25 atom stereocenters. The van der Waals surface area contributed by atoms with Crippen LogP contribution in [-0.4, -0.2) is 262 Å². The molecule has 0 aromatic heterocycles. The Hall–Kier alpha value is -1.00. The van der Waals surface area contributed by atoms with Crippen LogP contribution in [0.4, 0.5) is 0 Å². The molecule has 5 aliphatic rings. The predicted octanol–water partition coefficient (Wildman–Crippen LogP) is -10.9. The molecule has 5 fully saturated rings. The third-order valence-electron chi connectivity index (χ3n) is 10.3. The molecule has 25 heteroatoms. The lowest BCUT2D eigenvalue weighted by molar-refractivity contribution is -0.402. The lowest BCUT2D eigenvalue weighted by Gasteiger charge is -2.50. The van der Waals surface area contributed by atoms with Crippen molar-refractivity contribution in [1.82, 2.24) is 0 Å². The summed E-state index contributed by atoms with van der Waals surface area (Å²) in [6.45, 7) is -2.37. The highest BCUT2D eigenvalue weighted by atomic mass is 16.8. The van der Waals surface area contributed by atoms with E-state index in [4.69, 9.17) is 42.6 Å². The van der Waals surface area contributed by atoms with Gasteiger partial charge in [-0.25, -0.2) is 0 Å². The summed E-state index contributed by atoms with van der Waals surface area (Å²) >= 11 is 0. The van der Waals surface area contributed by atoms with E-state index in [9.17, 15) is 81.7 Å². The molecule has 5 rings (SSSR count). The van der Waals surface area contributed by atoms with Gasteiger partial charge in [-0.1, -0.05) is 0 Å². The summed E-state index contributed by atoms with van der Waals surface area (Å²) < 4.78 is 50.2. The lowest BCUT2D eigenvalue weighted by Crippen LogP contribution is -2.69. The quantitative estimate of drug-likeness (QED) is 0.0870. The Morgan fingerprint density at radius 3 is 1.29 bits per heavy atom. The van der Waals surface area contributed by atoms with Crippen molar-refractivity contribution in [3.63, 3.8) is 0 Å². The normalized spacial score (nSPS) is 53.9. The van der Waals surface area contributed by atoms with Crippen LogP contribution in [0.3, 0.4) is 0 Å². The number of ether oxygens (including phenoxy) is 9. The highest BCUT2D eigenvalue weighted by Gasteiger charge is 2.57. The maximum Gasteiger partial charge on any atom is 0.187 e. The summed E-state index contributed by atoms with van der Waals surface area (Å²) in [5.41, 5.74) is 0. The van der Waals surface area contributed by atoms with Gasteiger partial charge in [0.1, 0.15) is 116 Å². The number of hydrogen-bond donors (Lipinski definition) is 16. The van der Waals surface area contributed by atoms with Gasteiger partial charge in [-0.3, -0.25) is 0 Å². The van der Waals surface area contributed by atoms with Crippen LogP contribution in [0.2, 0.25) is 0 Å². The van der Waals surface area contributed by atoms with E-state index in [1.165, 1.54) is 6.92 Å². The van der Waals surface area contributed by atoms with Crippen molar-refractivity contribution in [3.8, 4) is 0 Å². The smallest absolute Gasteiger partial charge is 0.187 e. The molecule has 0 aromatic rings. The van der Waals surface area contributed by atoms with Gasteiger partial charge in [0.15, 0.2) is 31.5 Å². The molecule has 16 N–H and O–H groups in total. The molecule has 1 unspecified atom stereocenters. The van der Waals surface area contributed by atoms with Gasteiger partial charge < -0.3 is 124 Å². The zero-order valence-corrected chi connectivity index (χ0v) is 29.1. The van der Waals surface area contributed by atoms with Crippen molar-refractivity contribution < 1.29 is 124 Å². The van der Waals surface area contributed by atoms with E-state index in [-0.39, 0.29) is 0 Å². The summed E-state index contributed by atoms with van der Waals surface area (Å²) in [4.78, 5) is 0. The van der Waals surface area contributed by atoms with Crippen molar-refractivity contribution in [1.29, 1.82) is 0 Å². The number of aliphatic hydroxyl groups excluding tert-OH is 16. The molecule has 25 nitrogen and oxygen atoms in total. The Labute approximate surface area is 311 Å². The monoisotopic (exact) mass is 812 g/mol. The van der Waals surface area contributed by atoms with Crippen LogP contribution < -0.4 is 0 Å². The van der Waals surface area contributed by atoms with Crippen molar-refractivity contribution in [2.24, 2.45) is 0 Å². The molecular weight excluding hydrogens is 760 g/mol. The van der Waals surface area contributed by atoms with E-state index >= 15 is 0 Å². The average molecular weight is 813 g/mol. The van der Waals surface area contributed by atoms with Gasteiger partial charge in [0.05, 0.1) is 32.5 Å². The second-order valence-electron chi connectivity index (χ2n) is 13.9. The van der Waals surface area contributed by atoms with Gasteiger partial charge in [-0.05, 0) is 6.92 Å². The van der Waals surface area contributed by atoms with E-state index in [0.29, 0.717) is 0 Å². The molecule has 0 radical (unpaired) electrons. The van der Waals surface area contributed by atoms with Crippen LogP contribution in [0, 0.1) is 0 Å². The molecule has 55 heavy (non-hydrogen) atoms. The van der Waals surface area contributed by atoms with Gasteiger partial charge in [0.2, 0.25) is 0 Å². The molecule has 0 amide bonds. The first-order valence-electron chi connectivity index (χ1n) is 17.5. The minimum absolute atomic E-state index is 0.862. The molecular formula is C30H52O25. The van der Waals surface area contributed by atoms with Gasteiger partial charge in [0.25, 0.3) is 0 Å². The molecule has 0 bridgehead atoms. The van der Waals surface area contributed by atoms with Crippen molar-refractivity contribution in [2.45, 2.75) is 160 Å². The van der Waals surface area contributed by atoms with E-state index in [0.717, 1.165) is 0 Å². The minimum Gasteiger partial charge on any atom is -0.394 e. The Morgan fingerprint density at radius 1 is 0.327 bits per heavy atom. The van der Waals surface area contributed by atoms with Crippen LogP contribution in [-0.2, 0) is 42.6 Å². The maximum atomic E-state index is 11.7. The first kappa shape index (κ1) is 45.1. The molecule has 322 valence electrons. The standard InChI is InChI=1S/C30H52O25/c1-6-11(35)14(38)18(42)27(47-6)55-25-21(45)30(51-10(5-34)23(25)53-28-19(43)15(39)12(36)7(2-31)49-28)54-24-13(37)8(3-32)50-29(20(24)44)52-22-9(4-33)48-26(46)17(41)16(22)40/h6-46H,2-5H2,1H3/t6-,7-,8-,9-,10-,11+,12+,13+,14+,15+,16-,17-,18-,19-,20-,21-,22-,23-,24+,25-,26?,27-,28+,29+,30+/m1/s1. The largest absolute Gasteiger partial charge is 0.394 e. The Balaban J connectivity index is 1.42. The SMILES string of the molecule is C[C@H]1O[C@H](O[C@@H]2[C@@H](O)[C@H](O[C@H]3[C@@H](O)[C@@H](CO)O[C@@H](O[C@H]4[C@H](O)[C@@H](O)C(O)O[C@@H]4CO)[C@@H]3O)O[C@H](CO)[C@H]2O[C@@H]2O[C@H](CO)[C@H](O)[C@H](O)[C@H]2O)[C@H](O)[C@@H](O)[C@H]1O. The predicted molar refractivity (Wildman–Crippen MR) is 165 cm³/mol. The molecule has 0 spiro atoms. The molecule has 0 aliphatic carbocycles. The fourth-order valence-corrected chi connectivity index (χ4v) is 6.96. The van der Waals surface area contributed by atoms with Crippen LogP contribution >= 0.6 is 0 Å². The van der Waals surface area contributed by atoms with Crippen LogP contribution in [0.1, 0.15) is 6.92 Å². The van der Waals surface area contributed by atoms with Gasteiger partial charge in [0, 0.05) is 0 Å². The van der Waals surface area contributed by atoms with Crippen LogP contribution in [0.5, 0.6) is 0 Å². The van der Waals surface area contributed by atoms with Gasteiger partial charge in [-0.2, -0.15) is 0 Å². The maximum absolute atomic E-state index is 11.7.